The Kier molecular flexibility index (Phi) is 5.57. The van der Waals surface area contributed by atoms with Gasteiger partial charge in [0.1, 0.15) is 5.82 Å². The second-order valence-corrected chi connectivity index (χ2v) is 6.98. The molecule has 0 aliphatic carbocycles. The standard InChI is InChI=1S/C20H22FNO3/c1-20(2,3)14-10-8-13(9-11-14)17(12-18(23)24)22-19(25)15-6-4-5-7-16(15)21/h4-11,17H,12H2,1-3H3,(H,22,25)(H,23,24)/t17-/m1/s1. The molecule has 25 heavy (non-hydrogen) atoms. The zero-order chi connectivity index (χ0) is 18.6. The van der Waals surface area contributed by atoms with Crippen LogP contribution in [0.3, 0.4) is 0 Å². The maximum atomic E-state index is 13.8. The van der Waals surface area contributed by atoms with Crippen molar-refractivity contribution < 1.29 is 19.1 Å². The number of nitrogens with one attached hydrogen (secondary N) is 1. The van der Waals surface area contributed by atoms with Crippen LogP contribution < -0.4 is 5.32 Å². The number of carboxylic acids is 1. The zero-order valence-corrected chi connectivity index (χ0v) is 14.5. The summed E-state index contributed by atoms with van der Waals surface area (Å²) in [6.07, 6.45) is -0.283. The molecule has 0 aliphatic rings. The van der Waals surface area contributed by atoms with Gasteiger partial charge in [0.05, 0.1) is 18.0 Å². The Balaban J connectivity index is 2.26. The molecule has 2 aromatic carbocycles. The first-order valence-electron chi connectivity index (χ1n) is 8.06. The van der Waals surface area contributed by atoms with Crippen molar-refractivity contribution in [2.75, 3.05) is 0 Å². The van der Waals surface area contributed by atoms with Crippen molar-refractivity contribution in [3.8, 4) is 0 Å². The van der Waals surface area contributed by atoms with Crippen molar-refractivity contribution in [1.82, 2.24) is 5.32 Å². The highest BCUT2D eigenvalue weighted by molar-refractivity contribution is 5.94. The van der Waals surface area contributed by atoms with Crippen molar-refractivity contribution in [1.29, 1.82) is 0 Å². The number of carbonyl (C=O) groups is 2. The van der Waals surface area contributed by atoms with Gasteiger partial charge in [0.15, 0.2) is 0 Å². The van der Waals surface area contributed by atoms with Gasteiger partial charge in [-0.2, -0.15) is 0 Å². The molecule has 0 unspecified atom stereocenters. The number of benzene rings is 2. The van der Waals surface area contributed by atoms with E-state index in [-0.39, 0.29) is 17.4 Å². The lowest BCUT2D eigenvalue weighted by Crippen LogP contribution is -2.30. The van der Waals surface area contributed by atoms with Crippen LogP contribution in [0.25, 0.3) is 0 Å². The minimum atomic E-state index is -1.04. The van der Waals surface area contributed by atoms with E-state index in [1.54, 1.807) is 18.2 Å². The molecule has 0 radical (unpaired) electrons. The molecule has 0 fully saturated rings. The van der Waals surface area contributed by atoms with Gasteiger partial charge in [0, 0.05) is 0 Å². The van der Waals surface area contributed by atoms with Crippen LogP contribution in [-0.4, -0.2) is 17.0 Å². The zero-order valence-electron chi connectivity index (χ0n) is 14.5. The van der Waals surface area contributed by atoms with Gasteiger partial charge < -0.3 is 10.4 Å². The summed E-state index contributed by atoms with van der Waals surface area (Å²) in [5, 5.41) is 11.8. The van der Waals surface area contributed by atoms with Crippen molar-refractivity contribution >= 4 is 11.9 Å². The molecule has 0 saturated heterocycles. The molecule has 0 heterocycles. The van der Waals surface area contributed by atoms with Crippen LogP contribution in [-0.2, 0) is 10.2 Å². The van der Waals surface area contributed by atoms with Crippen molar-refractivity contribution in [3.05, 3.63) is 71.0 Å². The highest BCUT2D eigenvalue weighted by Crippen LogP contribution is 2.25. The summed E-state index contributed by atoms with van der Waals surface area (Å²) in [6, 6.07) is 12.3. The largest absolute Gasteiger partial charge is 0.481 e. The minimum absolute atomic E-state index is 0.0305. The van der Waals surface area contributed by atoms with Gasteiger partial charge >= 0.3 is 5.97 Å². The third kappa shape index (κ3) is 4.89. The lowest BCUT2D eigenvalue weighted by molar-refractivity contribution is -0.137. The van der Waals surface area contributed by atoms with Crippen molar-refractivity contribution in [2.45, 2.75) is 38.6 Å². The fourth-order valence-electron chi connectivity index (χ4n) is 2.52. The predicted molar refractivity (Wildman–Crippen MR) is 94.0 cm³/mol. The summed E-state index contributed by atoms with van der Waals surface area (Å²) in [4.78, 5) is 23.5. The molecule has 2 rings (SSSR count). The van der Waals surface area contributed by atoms with Crippen LogP contribution in [0.15, 0.2) is 48.5 Å². The molecule has 2 aromatic rings. The Labute approximate surface area is 146 Å². The smallest absolute Gasteiger partial charge is 0.305 e. The quantitative estimate of drug-likeness (QED) is 0.860. The van der Waals surface area contributed by atoms with Gasteiger partial charge in [0.2, 0.25) is 0 Å². The number of hydrogen-bond acceptors (Lipinski definition) is 2. The lowest BCUT2D eigenvalue weighted by Gasteiger charge is -2.22. The SMILES string of the molecule is CC(C)(C)c1ccc([C@@H](CC(=O)O)NC(=O)c2ccccc2F)cc1. The first-order chi connectivity index (χ1) is 11.7. The molecule has 5 heteroatoms. The molecule has 1 atom stereocenters. The maximum absolute atomic E-state index is 13.8. The molecule has 0 aromatic heterocycles. The Bertz CT molecular complexity index is 763. The molecular weight excluding hydrogens is 321 g/mol. The summed E-state index contributed by atoms with van der Waals surface area (Å²) in [6.45, 7) is 6.24. The lowest BCUT2D eigenvalue weighted by atomic mass is 9.86. The molecule has 0 bridgehead atoms. The van der Waals surface area contributed by atoms with Crippen LogP contribution in [0.5, 0.6) is 0 Å². The van der Waals surface area contributed by atoms with E-state index >= 15 is 0 Å². The number of carbonyl (C=O) groups excluding carboxylic acids is 1. The molecular formula is C20H22FNO3. The van der Waals surface area contributed by atoms with E-state index in [0.717, 1.165) is 5.56 Å². The third-order valence-electron chi connectivity index (χ3n) is 3.98. The number of carboxylic acid groups (broad SMARTS) is 1. The number of aliphatic carboxylic acids is 1. The highest BCUT2D eigenvalue weighted by atomic mass is 19.1. The van der Waals surface area contributed by atoms with Crippen LogP contribution in [0.4, 0.5) is 4.39 Å². The Morgan fingerprint density at radius 3 is 2.20 bits per heavy atom. The highest BCUT2D eigenvalue weighted by Gasteiger charge is 2.21. The number of rotatable bonds is 5. The fourth-order valence-corrected chi connectivity index (χ4v) is 2.52. The van der Waals surface area contributed by atoms with Crippen LogP contribution in [0.1, 0.15) is 54.7 Å². The fraction of sp³-hybridized carbons (Fsp3) is 0.300. The van der Waals surface area contributed by atoms with E-state index in [1.165, 1.54) is 18.2 Å². The minimum Gasteiger partial charge on any atom is -0.481 e. The van der Waals surface area contributed by atoms with E-state index < -0.39 is 23.7 Å². The molecule has 1 amide bonds. The van der Waals surface area contributed by atoms with Gasteiger partial charge in [-0.25, -0.2) is 4.39 Å². The molecule has 0 saturated carbocycles. The van der Waals surface area contributed by atoms with Crippen LogP contribution in [0, 0.1) is 5.82 Å². The van der Waals surface area contributed by atoms with E-state index in [2.05, 4.69) is 26.1 Å². The van der Waals surface area contributed by atoms with Gasteiger partial charge in [0.25, 0.3) is 5.91 Å². The average Bonchev–Trinajstić information content (AvgIpc) is 2.53. The second-order valence-electron chi connectivity index (χ2n) is 6.98. The molecule has 0 spiro atoms. The maximum Gasteiger partial charge on any atom is 0.305 e. The van der Waals surface area contributed by atoms with E-state index in [4.69, 9.17) is 5.11 Å². The van der Waals surface area contributed by atoms with Crippen LogP contribution in [0.2, 0.25) is 0 Å². The number of halogens is 1. The number of amides is 1. The normalized spacial score (nSPS) is 12.5. The van der Waals surface area contributed by atoms with Gasteiger partial charge in [-0.3, -0.25) is 9.59 Å². The molecule has 2 N–H and O–H groups in total. The molecule has 132 valence electrons. The van der Waals surface area contributed by atoms with E-state index in [9.17, 15) is 14.0 Å². The summed E-state index contributed by atoms with van der Waals surface area (Å²) < 4.78 is 13.8. The average molecular weight is 343 g/mol. The van der Waals surface area contributed by atoms with Crippen molar-refractivity contribution in [3.63, 3.8) is 0 Å². The van der Waals surface area contributed by atoms with E-state index in [1.807, 2.05) is 12.1 Å². The van der Waals surface area contributed by atoms with Crippen LogP contribution >= 0.6 is 0 Å². The molecule has 4 nitrogen and oxygen atoms in total. The first kappa shape index (κ1) is 18.6. The topological polar surface area (TPSA) is 66.4 Å². The van der Waals surface area contributed by atoms with Gasteiger partial charge in [-0.05, 0) is 28.7 Å². The van der Waals surface area contributed by atoms with Crippen molar-refractivity contribution in [2.24, 2.45) is 0 Å². The summed E-state index contributed by atoms with van der Waals surface area (Å²) >= 11 is 0. The second kappa shape index (κ2) is 7.47. The summed E-state index contributed by atoms with van der Waals surface area (Å²) in [5.74, 6) is -2.32. The Morgan fingerprint density at radius 2 is 1.68 bits per heavy atom. The third-order valence-corrected chi connectivity index (χ3v) is 3.98. The first-order valence-corrected chi connectivity index (χ1v) is 8.06. The molecule has 0 aliphatic heterocycles. The summed E-state index contributed by atoms with van der Waals surface area (Å²) in [5.41, 5.74) is 1.63. The van der Waals surface area contributed by atoms with Gasteiger partial charge in [-0.1, -0.05) is 57.2 Å². The Hall–Kier alpha value is -2.69. The van der Waals surface area contributed by atoms with Gasteiger partial charge in [-0.15, -0.1) is 0 Å². The number of hydrogen-bond donors (Lipinski definition) is 2. The predicted octanol–water partition coefficient (Wildman–Crippen LogP) is 4.07. The monoisotopic (exact) mass is 343 g/mol. The summed E-state index contributed by atoms with van der Waals surface area (Å²) in [7, 11) is 0. The Morgan fingerprint density at radius 1 is 1.08 bits per heavy atom. The van der Waals surface area contributed by atoms with E-state index in [0.29, 0.717) is 5.56 Å².